The standard InChI is InChI=1S/C22H23BrN4O4S/c1-11-4-5-14-17(6-11)32-21-18(14)22(30)27(10-24-21)12(2)20(29)26-25-9-13-7-15(23)19(28)16(8-13)31-3/h7-12,28H,4-6H2,1-3H3,(H,26,29)/b25-9-/t11-,12+/m1/s1. The van der Waals surface area contributed by atoms with Gasteiger partial charge in [0.1, 0.15) is 10.9 Å². The van der Waals surface area contributed by atoms with Crippen LogP contribution in [-0.2, 0) is 17.6 Å². The number of phenolic OH excluding ortho intramolecular Hbond substituents is 1. The van der Waals surface area contributed by atoms with Gasteiger partial charge in [-0.25, -0.2) is 10.4 Å². The molecular weight excluding hydrogens is 496 g/mol. The Labute approximate surface area is 197 Å². The number of aromatic hydroxyl groups is 1. The lowest BCUT2D eigenvalue weighted by Gasteiger charge is -2.18. The molecular formula is C22H23BrN4O4S. The molecule has 1 amide bonds. The number of hydrogen-bond acceptors (Lipinski definition) is 7. The minimum atomic E-state index is -0.782. The zero-order chi connectivity index (χ0) is 23.0. The molecule has 0 aliphatic heterocycles. The summed E-state index contributed by atoms with van der Waals surface area (Å²) < 4.78 is 6.91. The highest BCUT2D eigenvalue weighted by molar-refractivity contribution is 9.10. The number of halogens is 1. The van der Waals surface area contributed by atoms with Gasteiger partial charge in [0.05, 0.1) is 29.5 Å². The topological polar surface area (TPSA) is 106 Å². The van der Waals surface area contributed by atoms with Gasteiger partial charge in [-0.2, -0.15) is 5.10 Å². The Morgan fingerprint density at radius 1 is 1.50 bits per heavy atom. The van der Waals surface area contributed by atoms with Gasteiger partial charge in [0.25, 0.3) is 11.5 Å². The molecule has 2 aromatic heterocycles. The van der Waals surface area contributed by atoms with Gasteiger partial charge in [-0.05, 0) is 71.3 Å². The average Bonchev–Trinajstić information content (AvgIpc) is 3.14. The molecule has 0 spiro atoms. The third kappa shape index (κ3) is 4.16. The fourth-order valence-corrected chi connectivity index (χ4v) is 5.63. The first-order valence-corrected chi connectivity index (χ1v) is 11.8. The number of thiophene rings is 1. The van der Waals surface area contributed by atoms with Gasteiger partial charge in [-0.15, -0.1) is 11.3 Å². The Bertz CT molecular complexity index is 1280. The minimum Gasteiger partial charge on any atom is -0.503 e. The average molecular weight is 519 g/mol. The summed E-state index contributed by atoms with van der Waals surface area (Å²) in [7, 11) is 1.44. The van der Waals surface area contributed by atoms with Gasteiger partial charge in [-0.1, -0.05) is 6.92 Å². The van der Waals surface area contributed by atoms with Crippen LogP contribution in [-0.4, -0.2) is 33.9 Å². The number of nitrogens with zero attached hydrogens (tertiary/aromatic N) is 3. The lowest BCUT2D eigenvalue weighted by molar-refractivity contribution is -0.123. The Morgan fingerprint density at radius 3 is 3.03 bits per heavy atom. The second-order valence-corrected chi connectivity index (χ2v) is 9.89. The van der Waals surface area contributed by atoms with E-state index >= 15 is 0 Å². The third-order valence-electron chi connectivity index (χ3n) is 5.70. The van der Waals surface area contributed by atoms with Gasteiger partial charge in [0, 0.05) is 4.88 Å². The SMILES string of the molecule is COc1cc(/C=N\NC(=O)[C@H](C)n2cnc3sc4c(c3c2=O)CC[C@@H](C)C4)cc(Br)c1O. The van der Waals surface area contributed by atoms with Crippen LogP contribution < -0.4 is 15.7 Å². The predicted molar refractivity (Wildman–Crippen MR) is 128 cm³/mol. The van der Waals surface area contributed by atoms with Gasteiger partial charge >= 0.3 is 0 Å². The summed E-state index contributed by atoms with van der Waals surface area (Å²) in [6.07, 6.45) is 5.76. The number of aromatic nitrogens is 2. The van der Waals surface area contributed by atoms with Crippen LogP contribution in [0.2, 0.25) is 0 Å². The summed E-state index contributed by atoms with van der Waals surface area (Å²) in [5.41, 5.74) is 3.97. The molecule has 0 unspecified atom stereocenters. The molecule has 2 N–H and O–H groups in total. The van der Waals surface area contributed by atoms with Crippen molar-refractivity contribution in [2.75, 3.05) is 7.11 Å². The molecule has 4 rings (SSSR count). The number of rotatable bonds is 5. The summed E-state index contributed by atoms with van der Waals surface area (Å²) in [6.45, 7) is 3.86. The zero-order valence-corrected chi connectivity index (χ0v) is 20.3. The summed E-state index contributed by atoms with van der Waals surface area (Å²) in [4.78, 5) is 32.3. The first-order valence-electron chi connectivity index (χ1n) is 10.2. The van der Waals surface area contributed by atoms with E-state index in [1.165, 1.54) is 29.1 Å². The lowest BCUT2D eigenvalue weighted by atomic mass is 9.89. The number of carbonyl (C=O) groups is 1. The highest BCUT2D eigenvalue weighted by atomic mass is 79.9. The molecule has 3 aromatic rings. The first kappa shape index (κ1) is 22.5. The molecule has 168 valence electrons. The molecule has 1 aliphatic rings. The number of methoxy groups -OCH3 is 1. The number of benzene rings is 1. The second kappa shape index (κ2) is 9.03. The Kier molecular flexibility index (Phi) is 6.34. The van der Waals surface area contributed by atoms with Crippen molar-refractivity contribution in [3.8, 4) is 11.5 Å². The fraction of sp³-hybridized carbons (Fsp3) is 0.364. The van der Waals surface area contributed by atoms with E-state index in [1.54, 1.807) is 30.4 Å². The number of hydrogen-bond donors (Lipinski definition) is 2. The van der Waals surface area contributed by atoms with E-state index in [1.807, 2.05) is 0 Å². The van der Waals surface area contributed by atoms with Crippen LogP contribution in [0, 0.1) is 5.92 Å². The molecule has 10 heteroatoms. The number of carbonyl (C=O) groups excluding carboxylic acids is 1. The second-order valence-electron chi connectivity index (χ2n) is 7.95. The van der Waals surface area contributed by atoms with Crippen LogP contribution in [0.25, 0.3) is 10.2 Å². The van der Waals surface area contributed by atoms with Crippen molar-refractivity contribution in [3.63, 3.8) is 0 Å². The molecule has 2 atom stereocenters. The predicted octanol–water partition coefficient (Wildman–Crippen LogP) is 3.77. The normalized spacial score (nSPS) is 16.8. The molecule has 32 heavy (non-hydrogen) atoms. The number of nitrogens with one attached hydrogen (secondary N) is 1. The van der Waals surface area contributed by atoms with E-state index in [0.717, 1.165) is 29.7 Å². The van der Waals surface area contributed by atoms with E-state index < -0.39 is 11.9 Å². The Balaban J connectivity index is 1.54. The first-order chi connectivity index (χ1) is 15.3. The van der Waals surface area contributed by atoms with Crippen molar-refractivity contribution < 1.29 is 14.6 Å². The number of ether oxygens (including phenoxy) is 1. The maximum Gasteiger partial charge on any atom is 0.263 e. The lowest BCUT2D eigenvalue weighted by Crippen LogP contribution is -2.34. The van der Waals surface area contributed by atoms with Crippen molar-refractivity contribution in [1.82, 2.24) is 15.0 Å². The largest absolute Gasteiger partial charge is 0.503 e. The van der Waals surface area contributed by atoms with Crippen molar-refractivity contribution >= 4 is 49.6 Å². The van der Waals surface area contributed by atoms with E-state index in [0.29, 0.717) is 21.3 Å². The number of amides is 1. The van der Waals surface area contributed by atoms with Crippen LogP contribution in [0.3, 0.4) is 0 Å². The molecule has 2 heterocycles. The highest BCUT2D eigenvalue weighted by Gasteiger charge is 2.25. The molecule has 1 aromatic carbocycles. The van der Waals surface area contributed by atoms with Crippen molar-refractivity contribution in [2.45, 2.75) is 39.2 Å². The molecule has 0 bridgehead atoms. The number of phenols is 1. The summed E-state index contributed by atoms with van der Waals surface area (Å²) in [5, 5.41) is 14.5. The van der Waals surface area contributed by atoms with Crippen LogP contribution in [0.15, 0.2) is 32.8 Å². The molecule has 0 saturated carbocycles. The van der Waals surface area contributed by atoms with Gasteiger partial charge < -0.3 is 9.84 Å². The van der Waals surface area contributed by atoms with Crippen molar-refractivity contribution in [3.05, 3.63) is 49.3 Å². The molecule has 0 fully saturated rings. The molecule has 1 aliphatic carbocycles. The Hall–Kier alpha value is -2.72. The minimum absolute atomic E-state index is 0.0188. The number of hydrazone groups is 1. The monoisotopic (exact) mass is 518 g/mol. The van der Waals surface area contributed by atoms with E-state index in [4.69, 9.17) is 4.74 Å². The third-order valence-corrected chi connectivity index (χ3v) is 7.46. The van der Waals surface area contributed by atoms with Crippen LogP contribution in [0.1, 0.15) is 42.3 Å². The van der Waals surface area contributed by atoms with E-state index in [-0.39, 0.29) is 17.1 Å². The van der Waals surface area contributed by atoms with Crippen LogP contribution in [0.4, 0.5) is 0 Å². The number of aryl methyl sites for hydroxylation is 1. The highest BCUT2D eigenvalue weighted by Crippen LogP contribution is 2.36. The Morgan fingerprint density at radius 2 is 2.28 bits per heavy atom. The van der Waals surface area contributed by atoms with Crippen LogP contribution >= 0.6 is 27.3 Å². The maximum atomic E-state index is 13.2. The van der Waals surface area contributed by atoms with Crippen molar-refractivity contribution in [2.24, 2.45) is 11.0 Å². The summed E-state index contributed by atoms with van der Waals surface area (Å²) in [6, 6.07) is 2.44. The smallest absolute Gasteiger partial charge is 0.263 e. The van der Waals surface area contributed by atoms with Gasteiger partial charge in [-0.3, -0.25) is 14.2 Å². The molecule has 0 saturated heterocycles. The fourth-order valence-electron chi connectivity index (χ4n) is 3.83. The summed E-state index contributed by atoms with van der Waals surface area (Å²) in [5.74, 6) is 0.427. The molecule has 8 nitrogen and oxygen atoms in total. The quantitative estimate of drug-likeness (QED) is 0.395. The van der Waals surface area contributed by atoms with Crippen LogP contribution in [0.5, 0.6) is 11.5 Å². The van der Waals surface area contributed by atoms with Gasteiger partial charge in [0.15, 0.2) is 11.5 Å². The molecule has 0 radical (unpaired) electrons. The van der Waals surface area contributed by atoms with Crippen molar-refractivity contribution in [1.29, 1.82) is 0 Å². The number of fused-ring (bicyclic) bond motifs is 3. The van der Waals surface area contributed by atoms with Gasteiger partial charge in [0.2, 0.25) is 0 Å². The van der Waals surface area contributed by atoms with E-state index in [9.17, 15) is 14.7 Å². The summed E-state index contributed by atoms with van der Waals surface area (Å²) >= 11 is 4.83. The maximum absolute atomic E-state index is 13.2. The zero-order valence-electron chi connectivity index (χ0n) is 17.9. The van der Waals surface area contributed by atoms with E-state index in [2.05, 4.69) is 38.4 Å².